The van der Waals surface area contributed by atoms with E-state index in [1.54, 1.807) is 6.92 Å². The lowest BCUT2D eigenvalue weighted by atomic mass is 10.0. The van der Waals surface area contributed by atoms with E-state index in [0.29, 0.717) is 12.3 Å². The molecule has 96 valence electrons. The fourth-order valence-electron chi connectivity index (χ4n) is 0.922. The molecule has 2 heteroatoms. The molecule has 0 saturated carbocycles. The molecule has 0 aliphatic heterocycles. The summed E-state index contributed by atoms with van der Waals surface area (Å²) in [5.41, 5.74) is 6.51. The molecule has 0 bridgehead atoms. The zero-order valence-electron chi connectivity index (χ0n) is 11.7. The summed E-state index contributed by atoms with van der Waals surface area (Å²) >= 11 is 0. The second-order valence-corrected chi connectivity index (χ2v) is 4.02. The van der Waals surface area contributed by atoms with Crippen LogP contribution in [-0.2, 0) is 4.79 Å². The maximum absolute atomic E-state index is 11.2. The Bertz CT molecular complexity index is 305. The van der Waals surface area contributed by atoms with Crippen molar-refractivity contribution in [3.63, 3.8) is 0 Å². The zero-order valence-corrected chi connectivity index (χ0v) is 11.7. The van der Waals surface area contributed by atoms with E-state index in [1.165, 1.54) is 0 Å². The average Bonchev–Trinajstić information content (AvgIpc) is 2.28. The molecular formula is C15H25NO. The van der Waals surface area contributed by atoms with Gasteiger partial charge in [0.2, 0.25) is 0 Å². The Labute approximate surface area is 106 Å². The van der Waals surface area contributed by atoms with Crippen molar-refractivity contribution in [3.05, 3.63) is 23.8 Å². The van der Waals surface area contributed by atoms with Crippen molar-refractivity contribution in [2.45, 2.75) is 47.1 Å². The summed E-state index contributed by atoms with van der Waals surface area (Å²) in [4.78, 5) is 11.2. The highest BCUT2D eigenvalue weighted by Crippen LogP contribution is 2.03. The van der Waals surface area contributed by atoms with Gasteiger partial charge >= 0.3 is 0 Å². The summed E-state index contributed by atoms with van der Waals surface area (Å²) in [5.74, 6) is 2.79. The van der Waals surface area contributed by atoms with Gasteiger partial charge in [0.1, 0.15) is 0 Å². The number of nitrogens with two attached hydrogens (primary N) is 1. The molecule has 2 nitrogen and oxygen atoms in total. The van der Waals surface area contributed by atoms with Crippen molar-refractivity contribution >= 4 is 5.78 Å². The second-order valence-electron chi connectivity index (χ2n) is 4.02. The fraction of sp³-hybridized carbons (Fsp3) is 0.533. The van der Waals surface area contributed by atoms with Crippen LogP contribution in [0, 0.1) is 18.3 Å². The summed E-state index contributed by atoms with van der Waals surface area (Å²) in [7, 11) is 0. The third kappa shape index (κ3) is 10.9. The molecule has 0 aromatic heterocycles. The van der Waals surface area contributed by atoms with Crippen LogP contribution >= 0.6 is 0 Å². The lowest BCUT2D eigenvalue weighted by Crippen LogP contribution is -2.22. The molecule has 0 fully saturated rings. The molecule has 0 rings (SSSR count). The average molecular weight is 235 g/mol. The maximum atomic E-state index is 11.2. The Kier molecular flexibility index (Phi) is 11.9. The van der Waals surface area contributed by atoms with E-state index >= 15 is 0 Å². The zero-order chi connectivity index (χ0) is 13.8. The molecule has 0 aliphatic carbocycles. The minimum absolute atomic E-state index is 0.154. The lowest BCUT2D eigenvalue weighted by molar-refractivity contribution is -0.115. The minimum Gasteiger partial charge on any atom is -0.327 e. The number of terminal acetylenes is 1. The Balaban J connectivity index is 0. The summed E-state index contributed by atoms with van der Waals surface area (Å²) in [6.07, 6.45) is 11.0. The first-order valence-corrected chi connectivity index (χ1v) is 5.91. The Morgan fingerprint density at radius 2 is 1.94 bits per heavy atom. The highest BCUT2D eigenvalue weighted by Gasteiger charge is 2.01. The van der Waals surface area contributed by atoms with Crippen LogP contribution in [0.2, 0.25) is 0 Å². The summed E-state index contributed by atoms with van der Waals surface area (Å²) in [6.45, 7) is 9.40. The Morgan fingerprint density at radius 1 is 1.47 bits per heavy atom. The van der Waals surface area contributed by atoms with Crippen molar-refractivity contribution in [1.29, 1.82) is 0 Å². The van der Waals surface area contributed by atoms with Gasteiger partial charge < -0.3 is 5.73 Å². The Hall–Kier alpha value is -1.33. The minimum atomic E-state index is 0.154. The van der Waals surface area contributed by atoms with Crippen LogP contribution in [0.1, 0.15) is 41.0 Å². The molecule has 0 aromatic carbocycles. The summed E-state index contributed by atoms with van der Waals surface area (Å²) in [6, 6.07) is 0.154. The van der Waals surface area contributed by atoms with Gasteiger partial charge in [-0.25, -0.2) is 0 Å². The van der Waals surface area contributed by atoms with E-state index < -0.39 is 0 Å². The molecule has 17 heavy (non-hydrogen) atoms. The fourth-order valence-corrected chi connectivity index (χ4v) is 0.922. The van der Waals surface area contributed by atoms with Gasteiger partial charge in [-0.1, -0.05) is 32.1 Å². The van der Waals surface area contributed by atoms with Crippen LogP contribution in [0.4, 0.5) is 0 Å². The third-order valence-corrected chi connectivity index (χ3v) is 2.35. The topological polar surface area (TPSA) is 43.1 Å². The van der Waals surface area contributed by atoms with Crippen molar-refractivity contribution in [2.75, 3.05) is 0 Å². The predicted molar refractivity (Wildman–Crippen MR) is 75.5 cm³/mol. The van der Waals surface area contributed by atoms with Crippen LogP contribution in [0.25, 0.3) is 0 Å². The van der Waals surface area contributed by atoms with Gasteiger partial charge in [0.25, 0.3) is 0 Å². The number of allylic oxidation sites excluding steroid dienone is 3. The van der Waals surface area contributed by atoms with E-state index in [2.05, 4.69) is 19.3 Å². The van der Waals surface area contributed by atoms with Crippen LogP contribution in [-0.4, -0.2) is 11.8 Å². The highest BCUT2D eigenvalue weighted by atomic mass is 16.1. The second kappa shape index (κ2) is 11.2. The van der Waals surface area contributed by atoms with Gasteiger partial charge in [-0.05, 0) is 32.3 Å². The van der Waals surface area contributed by atoms with Crippen molar-refractivity contribution in [1.82, 2.24) is 0 Å². The number of ketones is 1. The number of hydrogen-bond donors (Lipinski definition) is 1. The van der Waals surface area contributed by atoms with E-state index in [4.69, 9.17) is 5.73 Å². The van der Waals surface area contributed by atoms with Gasteiger partial charge in [-0.15, -0.1) is 12.3 Å². The quantitative estimate of drug-likeness (QED) is 0.452. The monoisotopic (exact) mass is 235 g/mol. The molecule has 0 spiro atoms. The van der Waals surface area contributed by atoms with Crippen LogP contribution < -0.4 is 5.73 Å². The number of rotatable bonds is 5. The lowest BCUT2D eigenvalue weighted by Gasteiger charge is -2.08. The molecular weight excluding hydrogens is 210 g/mol. The Morgan fingerprint density at radius 3 is 2.29 bits per heavy atom. The van der Waals surface area contributed by atoms with Crippen molar-refractivity contribution in [2.24, 2.45) is 11.7 Å². The van der Waals surface area contributed by atoms with E-state index in [-0.39, 0.29) is 11.8 Å². The van der Waals surface area contributed by atoms with Gasteiger partial charge in [0.05, 0.1) is 0 Å². The van der Waals surface area contributed by atoms with Crippen LogP contribution in [0.5, 0.6) is 0 Å². The third-order valence-electron chi connectivity index (χ3n) is 2.35. The molecule has 2 N–H and O–H groups in total. The standard InChI is InChI=1S/C12H21NO.C3H4/c1-5-12(14)10(3)8-6-7-9(2)11(4)13;1-3-2/h6-9,11H,5,13H2,1-4H3;1H,2H3/b7-6?,10-8+;/t9?,11-;/m1./s1. The molecule has 0 saturated heterocycles. The number of Topliss-reactive ketones (excluding diaryl/α,β-unsaturated/α-hetero) is 1. The van der Waals surface area contributed by atoms with Gasteiger partial charge in [0.15, 0.2) is 5.78 Å². The van der Waals surface area contributed by atoms with Crippen molar-refractivity contribution < 1.29 is 4.79 Å². The molecule has 0 amide bonds. The SMILES string of the molecule is C#CC.CCC(=O)/C(C)=C/C=CC(C)[C@@H](C)N. The normalized spacial score (nSPS) is 14.5. The molecule has 1 unspecified atom stereocenters. The predicted octanol–water partition coefficient (Wildman–Crippen LogP) is 3.09. The van der Waals surface area contributed by atoms with Gasteiger partial charge in [-0.3, -0.25) is 4.79 Å². The number of hydrogen-bond acceptors (Lipinski definition) is 2. The first-order valence-electron chi connectivity index (χ1n) is 5.91. The van der Waals surface area contributed by atoms with Crippen LogP contribution in [0.15, 0.2) is 23.8 Å². The first kappa shape index (κ1) is 18.0. The highest BCUT2D eigenvalue weighted by molar-refractivity contribution is 5.94. The van der Waals surface area contributed by atoms with E-state index in [9.17, 15) is 4.79 Å². The molecule has 0 aliphatic rings. The van der Waals surface area contributed by atoms with Gasteiger partial charge in [0, 0.05) is 12.5 Å². The molecule has 0 radical (unpaired) electrons. The number of carbonyl (C=O) groups is 1. The smallest absolute Gasteiger partial charge is 0.158 e. The number of carbonyl (C=O) groups excluding carboxylic acids is 1. The summed E-state index contributed by atoms with van der Waals surface area (Å²) < 4.78 is 0. The van der Waals surface area contributed by atoms with E-state index in [0.717, 1.165) is 5.57 Å². The summed E-state index contributed by atoms with van der Waals surface area (Å²) in [5, 5.41) is 0. The van der Waals surface area contributed by atoms with Gasteiger partial charge in [-0.2, -0.15) is 0 Å². The maximum Gasteiger partial charge on any atom is 0.158 e. The largest absolute Gasteiger partial charge is 0.327 e. The first-order chi connectivity index (χ1) is 7.90. The molecule has 0 heterocycles. The molecule has 0 aromatic rings. The van der Waals surface area contributed by atoms with Crippen LogP contribution in [0.3, 0.4) is 0 Å². The molecule has 2 atom stereocenters. The van der Waals surface area contributed by atoms with E-state index in [1.807, 2.05) is 39.0 Å². The van der Waals surface area contributed by atoms with Crippen molar-refractivity contribution in [3.8, 4) is 12.3 Å².